The Hall–Kier alpha value is -2.97. The Morgan fingerprint density at radius 1 is 1.09 bits per heavy atom. The normalized spacial score (nSPS) is 13.8. The van der Waals surface area contributed by atoms with E-state index in [1.54, 1.807) is 0 Å². The van der Waals surface area contributed by atoms with Gasteiger partial charge in [0.2, 0.25) is 11.8 Å². The minimum atomic E-state index is -0.0830. The molecule has 0 atom stereocenters. The number of amides is 2. The highest BCUT2D eigenvalue weighted by Crippen LogP contribution is 2.30. The molecule has 1 aliphatic heterocycles. The van der Waals surface area contributed by atoms with Crippen LogP contribution in [0.5, 0.6) is 5.75 Å². The van der Waals surface area contributed by atoms with Crippen molar-refractivity contribution in [3.63, 3.8) is 0 Å². The fourth-order valence-electron chi connectivity index (χ4n) is 3.66. The third-order valence-electron chi connectivity index (χ3n) is 5.23. The lowest BCUT2D eigenvalue weighted by Gasteiger charge is -2.27. The van der Waals surface area contributed by atoms with E-state index in [0.29, 0.717) is 32.9 Å². The van der Waals surface area contributed by atoms with E-state index in [4.69, 9.17) is 9.47 Å². The van der Waals surface area contributed by atoms with E-state index in [0.717, 1.165) is 27.2 Å². The Kier molecular flexibility index (Phi) is 7.34. The highest BCUT2D eigenvalue weighted by atomic mass is 32.2. The van der Waals surface area contributed by atoms with Crippen molar-refractivity contribution < 1.29 is 19.1 Å². The smallest absolute Gasteiger partial charge is 0.242 e. The molecule has 0 radical (unpaired) electrons. The number of morpholine rings is 1. The zero-order chi connectivity index (χ0) is 22.3. The van der Waals surface area contributed by atoms with Crippen molar-refractivity contribution >= 4 is 40.2 Å². The Morgan fingerprint density at radius 3 is 2.59 bits per heavy atom. The van der Waals surface area contributed by atoms with Crippen LogP contribution in [-0.2, 0) is 20.9 Å². The van der Waals surface area contributed by atoms with Crippen molar-refractivity contribution in [3.05, 3.63) is 54.7 Å². The van der Waals surface area contributed by atoms with E-state index >= 15 is 0 Å². The molecule has 1 saturated heterocycles. The molecule has 0 saturated carbocycles. The SMILES string of the molecule is CCOc1ccc(NC(=O)CSc2cn(CC(=O)N3CCOCC3)c3ccccc23)cc1. The monoisotopic (exact) mass is 453 g/mol. The zero-order valence-electron chi connectivity index (χ0n) is 18.1. The summed E-state index contributed by atoms with van der Waals surface area (Å²) < 4.78 is 12.7. The summed E-state index contributed by atoms with van der Waals surface area (Å²) in [5.41, 5.74) is 1.72. The number of carbonyl (C=O) groups excluding carboxylic acids is 2. The standard InChI is InChI=1S/C24H27N3O4S/c1-2-31-19-9-7-18(8-10-19)25-23(28)17-32-22-15-27(21-6-4-3-5-20(21)22)16-24(29)26-11-13-30-14-12-26/h3-10,15H,2,11-14,16-17H2,1H3,(H,25,28). The number of carbonyl (C=O) groups is 2. The van der Waals surface area contributed by atoms with E-state index in [1.807, 2.05) is 71.1 Å². The largest absolute Gasteiger partial charge is 0.494 e. The Bertz CT molecular complexity index is 1070. The third-order valence-corrected chi connectivity index (χ3v) is 6.27. The molecule has 32 heavy (non-hydrogen) atoms. The van der Waals surface area contributed by atoms with Crippen molar-refractivity contribution in [2.24, 2.45) is 0 Å². The number of thioether (sulfide) groups is 1. The highest BCUT2D eigenvalue weighted by molar-refractivity contribution is 8.00. The van der Waals surface area contributed by atoms with Crippen molar-refractivity contribution in [2.45, 2.75) is 18.4 Å². The molecule has 0 spiro atoms. The lowest BCUT2D eigenvalue weighted by atomic mass is 10.2. The van der Waals surface area contributed by atoms with Crippen LogP contribution in [0.2, 0.25) is 0 Å². The number of nitrogens with zero attached hydrogens (tertiary/aromatic N) is 2. The van der Waals surface area contributed by atoms with Gasteiger partial charge in [0.25, 0.3) is 0 Å². The van der Waals surface area contributed by atoms with Gasteiger partial charge in [-0.05, 0) is 37.3 Å². The van der Waals surface area contributed by atoms with E-state index in [2.05, 4.69) is 5.32 Å². The summed E-state index contributed by atoms with van der Waals surface area (Å²) in [4.78, 5) is 28.0. The molecule has 2 aromatic carbocycles. The predicted octanol–water partition coefficient (Wildman–Crippen LogP) is 3.63. The van der Waals surface area contributed by atoms with Gasteiger partial charge in [0.15, 0.2) is 0 Å². The number of hydrogen-bond donors (Lipinski definition) is 1. The van der Waals surface area contributed by atoms with E-state index in [9.17, 15) is 9.59 Å². The second kappa shape index (κ2) is 10.6. The lowest BCUT2D eigenvalue weighted by Crippen LogP contribution is -2.42. The molecule has 1 N–H and O–H groups in total. The van der Waals surface area contributed by atoms with Crippen LogP contribution in [0.3, 0.4) is 0 Å². The molecule has 4 rings (SSSR count). The van der Waals surface area contributed by atoms with Gasteiger partial charge in [0.1, 0.15) is 12.3 Å². The number of hydrogen-bond acceptors (Lipinski definition) is 5. The van der Waals surface area contributed by atoms with Crippen LogP contribution in [0, 0.1) is 0 Å². The zero-order valence-corrected chi connectivity index (χ0v) is 18.9. The molecular formula is C24H27N3O4S. The molecule has 3 aromatic rings. The van der Waals surface area contributed by atoms with Gasteiger partial charge < -0.3 is 24.3 Å². The van der Waals surface area contributed by atoms with Crippen LogP contribution < -0.4 is 10.1 Å². The van der Waals surface area contributed by atoms with Gasteiger partial charge >= 0.3 is 0 Å². The number of para-hydroxylation sites is 1. The fraction of sp³-hybridized carbons (Fsp3) is 0.333. The average molecular weight is 454 g/mol. The van der Waals surface area contributed by atoms with Gasteiger partial charge in [-0.1, -0.05) is 18.2 Å². The maximum absolute atomic E-state index is 12.7. The minimum absolute atomic E-state index is 0.0823. The quantitative estimate of drug-likeness (QED) is 0.528. The Labute approximate surface area is 191 Å². The molecular weight excluding hydrogens is 426 g/mol. The number of ether oxygens (including phenoxy) is 2. The molecule has 0 bridgehead atoms. The van der Waals surface area contributed by atoms with Crippen LogP contribution >= 0.6 is 11.8 Å². The summed E-state index contributed by atoms with van der Waals surface area (Å²) in [6.45, 7) is 5.25. The first-order valence-electron chi connectivity index (χ1n) is 10.7. The van der Waals surface area contributed by atoms with E-state index in [-0.39, 0.29) is 24.1 Å². The van der Waals surface area contributed by atoms with Gasteiger partial charge in [-0.15, -0.1) is 11.8 Å². The summed E-state index contributed by atoms with van der Waals surface area (Å²) in [6.07, 6.45) is 1.97. The predicted molar refractivity (Wildman–Crippen MR) is 126 cm³/mol. The minimum Gasteiger partial charge on any atom is -0.494 e. The lowest BCUT2D eigenvalue weighted by molar-refractivity contribution is -0.135. The topological polar surface area (TPSA) is 72.8 Å². The fourth-order valence-corrected chi connectivity index (χ4v) is 4.55. The molecule has 1 aliphatic rings. The highest BCUT2D eigenvalue weighted by Gasteiger charge is 2.19. The third kappa shape index (κ3) is 5.44. The number of fused-ring (bicyclic) bond motifs is 1. The molecule has 1 fully saturated rings. The van der Waals surface area contributed by atoms with Crippen molar-refractivity contribution in [3.8, 4) is 5.75 Å². The molecule has 1 aromatic heterocycles. The molecule has 8 heteroatoms. The molecule has 0 aliphatic carbocycles. The summed E-state index contributed by atoms with van der Waals surface area (Å²) in [6, 6.07) is 15.3. The average Bonchev–Trinajstić information content (AvgIpc) is 3.17. The summed E-state index contributed by atoms with van der Waals surface area (Å²) in [5, 5.41) is 3.96. The van der Waals surface area contributed by atoms with Gasteiger partial charge in [0, 0.05) is 40.8 Å². The number of anilines is 1. The first-order valence-corrected chi connectivity index (χ1v) is 11.7. The second-order valence-electron chi connectivity index (χ2n) is 7.43. The molecule has 0 unspecified atom stereocenters. The van der Waals surface area contributed by atoms with Crippen molar-refractivity contribution in [2.75, 3.05) is 44.0 Å². The maximum atomic E-state index is 12.7. The molecule has 2 amide bonds. The Morgan fingerprint density at radius 2 is 1.84 bits per heavy atom. The van der Waals surface area contributed by atoms with Crippen molar-refractivity contribution in [1.82, 2.24) is 9.47 Å². The van der Waals surface area contributed by atoms with Crippen LogP contribution in [0.15, 0.2) is 59.6 Å². The van der Waals surface area contributed by atoms with Crippen LogP contribution in [0.1, 0.15) is 6.92 Å². The van der Waals surface area contributed by atoms with Crippen LogP contribution in [0.4, 0.5) is 5.69 Å². The van der Waals surface area contributed by atoms with Gasteiger partial charge in [0.05, 0.1) is 25.6 Å². The van der Waals surface area contributed by atoms with Gasteiger partial charge in [-0.25, -0.2) is 0 Å². The number of aromatic nitrogens is 1. The Balaban J connectivity index is 1.40. The molecule has 168 valence electrons. The van der Waals surface area contributed by atoms with Crippen LogP contribution in [0.25, 0.3) is 10.9 Å². The summed E-state index contributed by atoms with van der Waals surface area (Å²) in [7, 11) is 0. The van der Waals surface area contributed by atoms with Crippen LogP contribution in [-0.4, -0.2) is 59.9 Å². The first-order chi connectivity index (χ1) is 15.6. The van der Waals surface area contributed by atoms with Gasteiger partial charge in [-0.3, -0.25) is 9.59 Å². The number of nitrogens with one attached hydrogen (secondary N) is 1. The number of rotatable bonds is 8. The molecule has 7 nitrogen and oxygen atoms in total. The van der Waals surface area contributed by atoms with E-state index < -0.39 is 0 Å². The second-order valence-corrected chi connectivity index (χ2v) is 8.44. The maximum Gasteiger partial charge on any atom is 0.242 e. The molecule has 2 heterocycles. The summed E-state index contributed by atoms with van der Waals surface area (Å²) in [5.74, 6) is 1.05. The van der Waals surface area contributed by atoms with Crippen molar-refractivity contribution in [1.29, 1.82) is 0 Å². The van der Waals surface area contributed by atoms with Gasteiger partial charge in [-0.2, -0.15) is 0 Å². The number of benzene rings is 2. The van der Waals surface area contributed by atoms with E-state index in [1.165, 1.54) is 11.8 Å². The first kappa shape index (κ1) is 22.2. The summed E-state index contributed by atoms with van der Waals surface area (Å²) >= 11 is 1.47.